The van der Waals surface area contributed by atoms with E-state index in [4.69, 9.17) is 15.9 Å². The Hall–Kier alpha value is -1.37. The van der Waals surface area contributed by atoms with E-state index in [9.17, 15) is 0 Å². The quantitative estimate of drug-likeness (QED) is 0.516. The number of aromatic nitrogens is 1. The van der Waals surface area contributed by atoms with Crippen molar-refractivity contribution < 1.29 is 9.47 Å². The lowest BCUT2D eigenvalue weighted by Gasteiger charge is -2.14. The van der Waals surface area contributed by atoms with Crippen LogP contribution in [0.1, 0.15) is 17.4 Å². The molecule has 0 aliphatic carbocycles. The molecule has 0 fully saturated rings. The van der Waals surface area contributed by atoms with E-state index in [2.05, 4.69) is 10.9 Å². The maximum absolute atomic E-state index is 5.30. The Bertz CT molecular complexity index is 313. The lowest BCUT2D eigenvalue weighted by atomic mass is 10.1. The highest BCUT2D eigenvalue weighted by Gasteiger charge is 2.11. The van der Waals surface area contributed by atoms with E-state index >= 15 is 0 Å². The molecule has 0 atom stereocenters. The molecule has 0 bridgehead atoms. The number of terminal acetylenes is 1. The van der Waals surface area contributed by atoms with Crippen molar-refractivity contribution in [3.8, 4) is 12.3 Å². The third-order valence-electron chi connectivity index (χ3n) is 1.69. The van der Waals surface area contributed by atoms with Crippen LogP contribution in [0, 0.1) is 12.3 Å². The summed E-state index contributed by atoms with van der Waals surface area (Å²) < 4.78 is 10.2. The second-order valence-electron chi connectivity index (χ2n) is 2.41. The smallest absolute Gasteiger partial charge is 0.184 e. The minimum absolute atomic E-state index is 0.422. The average Bonchev–Trinajstić information content (AvgIpc) is 2.20. The minimum atomic E-state index is -0.422. The van der Waals surface area contributed by atoms with E-state index in [0.29, 0.717) is 5.56 Å². The third kappa shape index (κ3) is 2.05. The summed E-state index contributed by atoms with van der Waals surface area (Å²) >= 11 is 0. The molecular formula is C10H11NO2. The van der Waals surface area contributed by atoms with Gasteiger partial charge in [0.1, 0.15) is 0 Å². The monoisotopic (exact) mass is 177 g/mol. The lowest BCUT2D eigenvalue weighted by molar-refractivity contribution is -0.106. The Kier molecular flexibility index (Phi) is 3.44. The summed E-state index contributed by atoms with van der Waals surface area (Å²) in [6.07, 6.45) is 8.14. The summed E-state index contributed by atoms with van der Waals surface area (Å²) in [5.74, 6) is 2.52. The number of ether oxygens (including phenoxy) is 2. The fourth-order valence-electron chi connectivity index (χ4n) is 1.08. The van der Waals surface area contributed by atoms with Gasteiger partial charge >= 0.3 is 0 Å². The van der Waals surface area contributed by atoms with Gasteiger partial charge in [-0.25, -0.2) is 0 Å². The van der Waals surface area contributed by atoms with Crippen LogP contribution in [-0.4, -0.2) is 19.2 Å². The van der Waals surface area contributed by atoms with Gasteiger partial charge in [-0.2, -0.15) is 0 Å². The zero-order valence-electron chi connectivity index (χ0n) is 7.65. The molecule has 0 saturated carbocycles. The first-order valence-corrected chi connectivity index (χ1v) is 3.79. The van der Waals surface area contributed by atoms with E-state index in [0.717, 1.165) is 5.56 Å². The van der Waals surface area contributed by atoms with Gasteiger partial charge in [-0.15, -0.1) is 6.42 Å². The van der Waals surface area contributed by atoms with E-state index < -0.39 is 6.29 Å². The number of pyridine rings is 1. The largest absolute Gasteiger partial charge is 0.352 e. The molecule has 1 aromatic rings. The third-order valence-corrected chi connectivity index (χ3v) is 1.69. The molecule has 0 unspecified atom stereocenters. The van der Waals surface area contributed by atoms with Gasteiger partial charge in [-0.3, -0.25) is 4.98 Å². The second kappa shape index (κ2) is 4.61. The molecule has 13 heavy (non-hydrogen) atoms. The zero-order chi connectivity index (χ0) is 9.68. The number of rotatable bonds is 3. The zero-order valence-corrected chi connectivity index (χ0v) is 7.65. The van der Waals surface area contributed by atoms with Gasteiger partial charge in [0.2, 0.25) is 0 Å². The van der Waals surface area contributed by atoms with Crippen molar-refractivity contribution in [2.45, 2.75) is 6.29 Å². The predicted octanol–water partition coefficient (Wildman–Crippen LogP) is 1.35. The first kappa shape index (κ1) is 9.72. The van der Waals surface area contributed by atoms with Crippen molar-refractivity contribution in [3.63, 3.8) is 0 Å². The Morgan fingerprint density at radius 3 is 2.69 bits per heavy atom. The molecule has 1 heterocycles. The summed E-state index contributed by atoms with van der Waals surface area (Å²) in [6, 6.07) is 1.78. The van der Waals surface area contributed by atoms with Crippen LogP contribution in [0.3, 0.4) is 0 Å². The van der Waals surface area contributed by atoms with Crippen LogP contribution in [0.5, 0.6) is 0 Å². The molecule has 0 aliphatic heterocycles. The Morgan fingerprint density at radius 2 is 2.15 bits per heavy atom. The highest BCUT2D eigenvalue weighted by Crippen LogP contribution is 2.19. The maximum atomic E-state index is 5.30. The highest BCUT2D eigenvalue weighted by atomic mass is 16.7. The molecule has 0 N–H and O–H groups in total. The van der Waals surface area contributed by atoms with Gasteiger partial charge in [0.25, 0.3) is 0 Å². The molecule has 1 aromatic heterocycles. The Labute approximate surface area is 77.7 Å². The molecule has 3 heteroatoms. The van der Waals surface area contributed by atoms with Crippen molar-refractivity contribution in [2.75, 3.05) is 14.2 Å². The normalized spacial score (nSPS) is 10.0. The fourth-order valence-corrected chi connectivity index (χ4v) is 1.08. The Balaban J connectivity index is 3.05. The van der Waals surface area contributed by atoms with Crippen molar-refractivity contribution in [1.82, 2.24) is 4.98 Å². The molecule has 0 spiro atoms. The van der Waals surface area contributed by atoms with Gasteiger partial charge in [0.15, 0.2) is 6.29 Å². The molecule has 68 valence electrons. The molecule has 1 rings (SSSR count). The average molecular weight is 177 g/mol. The van der Waals surface area contributed by atoms with E-state index in [-0.39, 0.29) is 0 Å². The highest BCUT2D eigenvalue weighted by molar-refractivity contribution is 5.37. The van der Waals surface area contributed by atoms with Crippen molar-refractivity contribution in [1.29, 1.82) is 0 Å². The first-order chi connectivity index (χ1) is 6.33. The standard InChI is InChI=1S/C10H11NO2/c1-4-8-7-11-6-5-9(8)10(12-2)13-3/h1,5-7,10H,2-3H3. The fraction of sp³-hybridized carbons (Fsp3) is 0.300. The van der Waals surface area contributed by atoms with Gasteiger partial charge in [-0.1, -0.05) is 5.92 Å². The molecule has 0 aromatic carbocycles. The molecular weight excluding hydrogens is 166 g/mol. The van der Waals surface area contributed by atoms with Crippen LogP contribution >= 0.6 is 0 Å². The van der Waals surface area contributed by atoms with Crippen LogP contribution in [0.4, 0.5) is 0 Å². The summed E-state index contributed by atoms with van der Waals surface area (Å²) in [5, 5.41) is 0. The number of methoxy groups -OCH3 is 2. The van der Waals surface area contributed by atoms with E-state index in [1.165, 1.54) is 0 Å². The number of nitrogens with zero attached hydrogens (tertiary/aromatic N) is 1. The maximum Gasteiger partial charge on any atom is 0.184 e. The van der Waals surface area contributed by atoms with E-state index in [1.54, 1.807) is 32.7 Å². The van der Waals surface area contributed by atoms with Gasteiger partial charge in [0, 0.05) is 32.2 Å². The van der Waals surface area contributed by atoms with E-state index in [1.807, 2.05) is 0 Å². The summed E-state index contributed by atoms with van der Waals surface area (Å²) in [6.45, 7) is 0. The van der Waals surface area contributed by atoms with Gasteiger partial charge in [-0.05, 0) is 6.07 Å². The minimum Gasteiger partial charge on any atom is -0.352 e. The molecule has 0 radical (unpaired) electrons. The number of hydrogen-bond donors (Lipinski definition) is 0. The van der Waals surface area contributed by atoms with Crippen molar-refractivity contribution in [3.05, 3.63) is 29.6 Å². The second-order valence-corrected chi connectivity index (χ2v) is 2.41. The van der Waals surface area contributed by atoms with Crippen LogP contribution in [0.15, 0.2) is 18.5 Å². The van der Waals surface area contributed by atoms with Crippen molar-refractivity contribution in [2.24, 2.45) is 0 Å². The summed E-state index contributed by atoms with van der Waals surface area (Å²) in [7, 11) is 3.13. The summed E-state index contributed by atoms with van der Waals surface area (Å²) in [5.41, 5.74) is 1.51. The SMILES string of the molecule is C#Cc1cnccc1C(OC)OC. The van der Waals surface area contributed by atoms with Crippen LogP contribution < -0.4 is 0 Å². The Morgan fingerprint density at radius 1 is 1.46 bits per heavy atom. The topological polar surface area (TPSA) is 31.4 Å². The first-order valence-electron chi connectivity index (χ1n) is 3.79. The van der Waals surface area contributed by atoms with Gasteiger partial charge < -0.3 is 9.47 Å². The summed E-state index contributed by atoms with van der Waals surface area (Å²) in [4.78, 5) is 3.91. The van der Waals surface area contributed by atoms with Crippen LogP contribution in [0.2, 0.25) is 0 Å². The molecule has 0 saturated heterocycles. The van der Waals surface area contributed by atoms with Crippen LogP contribution in [-0.2, 0) is 9.47 Å². The molecule has 3 nitrogen and oxygen atoms in total. The number of hydrogen-bond acceptors (Lipinski definition) is 3. The van der Waals surface area contributed by atoms with Crippen molar-refractivity contribution >= 4 is 0 Å². The lowest BCUT2D eigenvalue weighted by Crippen LogP contribution is -2.05. The predicted molar refractivity (Wildman–Crippen MR) is 48.9 cm³/mol. The van der Waals surface area contributed by atoms with Gasteiger partial charge in [0.05, 0.1) is 5.56 Å². The molecule has 0 aliphatic rings. The molecule has 0 amide bonds. The van der Waals surface area contributed by atoms with Crippen LogP contribution in [0.25, 0.3) is 0 Å².